The number of fused-ring (bicyclic) bond motifs is 1. The number of benzene rings is 1. The van der Waals surface area contributed by atoms with Gasteiger partial charge >= 0.3 is 12.0 Å². The molecule has 23 heavy (non-hydrogen) atoms. The van der Waals surface area contributed by atoms with E-state index in [1.807, 2.05) is 18.4 Å². The molecule has 0 aromatic heterocycles. The SMILES string of the molecule is COC(=O)[C@@H](CCSC)NC(=O)N[C@H]1CCCc2ccccc21. The molecule has 0 saturated heterocycles. The molecule has 126 valence electrons. The first-order valence-corrected chi connectivity index (χ1v) is 9.26. The molecule has 0 fully saturated rings. The molecule has 0 radical (unpaired) electrons. The van der Waals surface area contributed by atoms with Gasteiger partial charge in [-0.05, 0) is 48.8 Å². The lowest BCUT2D eigenvalue weighted by atomic mass is 9.88. The molecule has 1 aromatic carbocycles. The lowest BCUT2D eigenvalue weighted by Crippen LogP contribution is -2.48. The van der Waals surface area contributed by atoms with E-state index in [0.717, 1.165) is 25.0 Å². The lowest BCUT2D eigenvalue weighted by molar-refractivity contribution is -0.142. The van der Waals surface area contributed by atoms with Crippen molar-refractivity contribution in [1.82, 2.24) is 10.6 Å². The van der Waals surface area contributed by atoms with Gasteiger partial charge in [0.05, 0.1) is 13.2 Å². The van der Waals surface area contributed by atoms with E-state index >= 15 is 0 Å². The summed E-state index contributed by atoms with van der Waals surface area (Å²) in [6.45, 7) is 0. The van der Waals surface area contributed by atoms with E-state index in [2.05, 4.69) is 22.8 Å². The molecule has 5 nitrogen and oxygen atoms in total. The maximum Gasteiger partial charge on any atom is 0.328 e. The second kappa shape index (κ2) is 8.82. The van der Waals surface area contributed by atoms with Crippen molar-refractivity contribution >= 4 is 23.8 Å². The average Bonchev–Trinajstić information content (AvgIpc) is 2.58. The molecule has 0 spiro atoms. The van der Waals surface area contributed by atoms with Crippen LogP contribution in [0.3, 0.4) is 0 Å². The van der Waals surface area contributed by atoms with Crippen LogP contribution in [0.5, 0.6) is 0 Å². The third-order valence-electron chi connectivity index (χ3n) is 4.08. The Bertz CT molecular complexity index is 550. The molecule has 2 atom stereocenters. The van der Waals surface area contributed by atoms with E-state index in [4.69, 9.17) is 4.74 Å². The Labute approximate surface area is 141 Å². The number of thioether (sulfide) groups is 1. The number of esters is 1. The first-order chi connectivity index (χ1) is 11.2. The first-order valence-electron chi connectivity index (χ1n) is 7.87. The third kappa shape index (κ3) is 4.89. The smallest absolute Gasteiger partial charge is 0.328 e. The highest BCUT2D eigenvalue weighted by Gasteiger charge is 2.25. The summed E-state index contributed by atoms with van der Waals surface area (Å²) in [4.78, 5) is 24.0. The van der Waals surface area contributed by atoms with Gasteiger partial charge in [-0.2, -0.15) is 11.8 Å². The minimum absolute atomic E-state index is 0.00111. The molecule has 0 heterocycles. The summed E-state index contributed by atoms with van der Waals surface area (Å²) < 4.78 is 4.77. The van der Waals surface area contributed by atoms with Crippen molar-refractivity contribution in [3.8, 4) is 0 Å². The van der Waals surface area contributed by atoms with Crippen LogP contribution in [-0.4, -0.2) is 37.2 Å². The Kier molecular flexibility index (Phi) is 6.77. The number of rotatable bonds is 6. The highest BCUT2D eigenvalue weighted by Crippen LogP contribution is 2.29. The van der Waals surface area contributed by atoms with Crippen molar-refractivity contribution < 1.29 is 14.3 Å². The Morgan fingerprint density at radius 2 is 2.17 bits per heavy atom. The Morgan fingerprint density at radius 3 is 2.91 bits per heavy atom. The largest absolute Gasteiger partial charge is 0.467 e. The second-order valence-corrected chi connectivity index (χ2v) is 6.60. The standard InChI is InChI=1S/C17H24N2O3S/c1-22-16(20)15(10-11-23-2)19-17(21)18-14-9-5-7-12-6-3-4-8-13(12)14/h3-4,6,8,14-15H,5,7,9-11H2,1-2H3,(H2,18,19,21)/t14-,15+/m0/s1. The maximum atomic E-state index is 12.3. The number of hydrogen-bond donors (Lipinski definition) is 2. The van der Waals surface area contributed by atoms with Gasteiger partial charge in [-0.25, -0.2) is 9.59 Å². The van der Waals surface area contributed by atoms with Crippen LogP contribution in [0.25, 0.3) is 0 Å². The summed E-state index contributed by atoms with van der Waals surface area (Å²) in [5.41, 5.74) is 2.46. The van der Waals surface area contributed by atoms with Gasteiger partial charge in [-0.3, -0.25) is 0 Å². The van der Waals surface area contributed by atoms with E-state index < -0.39 is 12.0 Å². The molecular weight excluding hydrogens is 312 g/mol. The molecule has 1 aliphatic carbocycles. The maximum absolute atomic E-state index is 12.3. The predicted molar refractivity (Wildman–Crippen MR) is 92.6 cm³/mol. The van der Waals surface area contributed by atoms with Crippen LogP contribution in [-0.2, 0) is 16.0 Å². The first kappa shape index (κ1) is 17.7. The number of nitrogens with one attached hydrogen (secondary N) is 2. The number of amides is 2. The van der Waals surface area contributed by atoms with E-state index in [-0.39, 0.29) is 12.1 Å². The van der Waals surface area contributed by atoms with Crippen molar-refractivity contribution in [2.75, 3.05) is 19.1 Å². The molecule has 0 saturated carbocycles. The second-order valence-electron chi connectivity index (χ2n) is 5.62. The summed E-state index contributed by atoms with van der Waals surface area (Å²) in [7, 11) is 1.34. The number of ether oxygens (including phenoxy) is 1. The number of urea groups is 1. The zero-order valence-corrected chi connectivity index (χ0v) is 14.4. The summed E-state index contributed by atoms with van der Waals surface area (Å²) in [6.07, 6.45) is 5.54. The van der Waals surface area contributed by atoms with Crippen molar-refractivity contribution in [3.05, 3.63) is 35.4 Å². The molecule has 6 heteroatoms. The summed E-state index contributed by atoms with van der Waals surface area (Å²) in [6, 6.07) is 7.26. The average molecular weight is 336 g/mol. The van der Waals surface area contributed by atoms with Gasteiger partial charge in [0, 0.05) is 0 Å². The Balaban J connectivity index is 1.97. The van der Waals surface area contributed by atoms with Gasteiger partial charge in [0.1, 0.15) is 6.04 Å². The van der Waals surface area contributed by atoms with Gasteiger partial charge in [0.25, 0.3) is 0 Å². The van der Waals surface area contributed by atoms with Gasteiger partial charge in [0.15, 0.2) is 0 Å². The highest BCUT2D eigenvalue weighted by atomic mass is 32.2. The molecule has 0 unspecified atom stereocenters. The summed E-state index contributed by atoms with van der Waals surface area (Å²) in [5.74, 6) is 0.380. The summed E-state index contributed by atoms with van der Waals surface area (Å²) in [5, 5.41) is 5.74. The minimum Gasteiger partial charge on any atom is -0.467 e. The van der Waals surface area contributed by atoms with E-state index in [1.54, 1.807) is 11.8 Å². The Morgan fingerprint density at radius 1 is 1.39 bits per heavy atom. The zero-order valence-electron chi connectivity index (χ0n) is 13.6. The topological polar surface area (TPSA) is 67.4 Å². The van der Waals surface area contributed by atoms with Crippen molar-refractivity contribution in [3.63, 3.8) is 0 Å². The quantitative estimate of drug-likeness (QED) is 0.784. The van der Waals surface area contributed by atoms with Crippen LogP contribution in [0, 0.1) is 0 Å². The van der Waals surface area contributed by atoms with Crippen molar-refractivity contribution in [2.24, 2.45) is 0 Å². The number of methoxy groups -OCH3 is 1. The summed E-state index contributed by atoms with van der Waals surface area (Å²) >= 11 is 1.63. The van der Waals surface area contributed by atoms with Crippen LogP contribution >= 0.6 is 11.8 Å². The van der Waals surface area contributed by atoms with E-state index in [9.17, 15) is 9.59 Å². The number of hydrogen-bond acceptors (Lipinski definition) is 4. The van der Waals surface area contributed by atoms with E-state index in [1.165, 1.54) is 18.2 Å². The van der Waals surface area contributed by atoms with Crippen LogP contribution < -0.4 is 10.6 Å². The number of aryl methyl sites for hydroxylation is 1. The van der Waals surface area contributed by atoms with Crippen molar-refractivity contribution in [1.29, 1.82) is 0 Å². The third-order valence-corrected chi connectivity index (χ3v) is 4.72. The number of carbonyl (C=O) groups excluding carboxylic acids is 2. The van der Waals surface area contributed by atoms with Crippen LogP contribution in [0.2, 0.25) is 0 Å². The van der Waals surface area contributed by atoms with Gasteiger partial charge < -0.3 is 15.4 Å². The fourth-order valence-corrected chi connectivity index (χ4v) is 3.36. The van der Waals surface area contributed by atoms with Crippen LogP contribution in [0.1, 0.15) is 36.4 Å². The van der Waals surface area contributed by atoms with Crippen molar-refractivity contribution in [2.45, 2.75) is 37.8 Å². The molecule has 2 N–H and O–H groups in total. The van der Waals surface area contributed by atoms with E-state index in [0.29, 0.717) is 6.42 Å². The lowest BCUT2D eigenvalue weighted by Gasteiger charge is -2.27. The molecular formula is C17H24N2O3S. The Hall–Kier alpha value is -1.69. The molecule has 2 amide bonds. The molecule has 1 aliphatic rings. The predicted octanol–water partition coefficient (Wildman–Crippen LogP) is 2.66. The van der Waals surface area contributed by atoms with Gasteiger partial charge in [0.2, 0.25) is 0 Å². The fraction of sp³-hybridized carbons (Fsp3) is 0.529. The zero-order chi connectivity index (χ0) is 16.7. The van der Waals surface area contributed by atoms with Crippen LogP contribution in [0.4, 0.5) is 4.79 Å². The van der Waals surface area contributed by atoms with Gasteiger partial charge in [-0.1, -0.05) is 24.3 Å². The molecule has 0 aliphatic heterocycles. The number of carbonyl (C=O) groups is 2. The normalized spacial score (nSPS) is 17.7. The monoisotopic (exact) mass is 336 g/mol. The molecule has 1 aromatic rings. The van der Waals surface area contributed by atoms with Crippen LogP contribution in [0.15, 0.2) is 24.3 Å². The van der Waals surface area contributed by atoms with Gasteiger partial charge in [-0.15, -0.1) is 0 Å². The molecule has 2 rings (SSSR count). The fourth-order valence-electron chi connectivity index (χ4n) is 2.89. The molecule has 0 bridgehead atoms. The minimum atomic E-state index is -0.605. The highest BCUT2D eigenvalue weighted by molar-refractivity contribution is 7.98.